The lowest BCUT2D eigenvalue weighted by Crippen LogP contribution is -2.55. The molecule has 0 saturated carbocycles. The summed E-state index contributed by atoms with van der Waals surface area (Å²) < 4.78 is 5.41. The molecule has 1 aromatic rings. The van der Waals surface area contributed by atoms with E-state index in [2.05, 4.69) is 16.8 Å². The molecule has 7 nitrogen and oxygen atoms in total. The molecule has 1 heterocycles. The number of piperazine rings is 1. The highest BCUT2D eigenvalue weighted by atomic mass is 16.6. The molecule has 0 bridgehead atoms. The van der Waals surface area contributed by atoms with Crippen LogP contribution in [0.25, 0.3) is 0 Å². The minimum absolute atomic E-state index is 0.000902. The van der Waals surface area contributed by atoms with Crippen LogP contribution in [0.1, 0.15) is 6.92 Å². The lowest BCUT2D eigenvalue weighted by molar-refractivity contribution is -0.385. The molecule has 0 aliphatic carbocycles. The largest absolute Gasteiger partial charge is 0.487 e. The summed E-state index contributed by atoms with van der Waals surface area (Å²) in [5.74, 6) is 0.315. The normalized spacial score (nSPS) is 19.6. The Kier molecular flexibility index (Phi) is 4.98. The van der Waals surface area contributed by atoms with E-state index in [-0.39, 0.29) is 11.7 Å². The molecule has 1 aliphatic rings. The molecule has 116 valence electrons. The van der Waals surface area contributed by atoms with Crippen LogP contribution in [0.2, 0.25) is 0 Å². The number of rotatable bonds is 5. The smallest absolute Gasteiger partial charge is 0.311 e. The molecule has 0 spiro atoms. The molecule has 1 atom stereocenters. The quantitative estimate of drug-likeness (QED) is 0.646. The summed E-state index contributed by atoms with van der Waals surface area (Å²) >= 11 is 0. The van der Waals surface area contributed by atoms with Crippen molar-refractivity contribution < 1.29 is 9.66 Å². The molecular formula is C14H22N4O3. The standard InChI is InChI=1S/C14H22N4O3/c1-3-21-14-8-11(4-5-13(14)18(19)20)17-7-6-16(2)10-12(17)9-15/h4-5,8,12H,3,6-7,9-10,15H2,1-2H3. The van der Waals surface area contributed by atoms with E-state index in [1.807, 2.05) is 6.92 Å². The molecule has 0 amide bonds. The first-order valence-electron chi connectivity index (χ1n) is 7.13. The van der Waals surface area contributed by atoms with Gasteiger partial charge in [0.1, 0.15) is 0 Å². The first-order valence-corrected chi connectivity index (χ1v) is 7.13. The average molecular weight is 294 g/mol. The van der Waals surface area contributed by atoms with E-state index in [4.69, 9.17) is 10.5 Å². The molecule has 2 rings (SSSR count). The van der Waals surface area contributed by atoms with Crippen LogP contribution in [0.3, 0.4) is 0 Å². The maximum absolute atomic E-state index is 11.0. The molecule has 0 aromatic heterocycles. The van der Waals surface area contributed by atoms with Crippen molar-refractivity contribution in [3.05, 3.63) is 28.3 Å². The van der Waals surface area contributed by atoms with Crippen molar-refractivity contribution in [3.8, 4) is 5.75 Å². The predicted molar refractivity (Wildman–Crippen MR) is 82.0 cm³/mol. The van der Waals surface area contributed by atoms with Crippen LogP contribution in [-0.4, -0.2) is 55.7 Å². The third kappa shape index (κ3) is 3.43. The van der Waals surface area contributed by atoms with Gasteiger partial charge in [-0.25, -0.2) is 0 Å². The van der Waals surface area contributed by atoms with Crippen LogP contribution in [0, 0.1) is 10.1 Å². The maximum atomic E-state index is 11.0. The number of nitrogens with zero attached hydrogens (tertiary/aromatic N) is 3. The van der Waals surface area contributed by atoms with Crippen molar-refractivity contribution >= 4 is 11.4 Å². The minimum atomic E-state index is -0.417. The Labute approximate surface area is 124 Å². The monoisotopic (exact) mass is 294 g/mol. The second kappa shape index (κ2) is 6.73. The van der Waals surface area contributed by atoms with Gasteiger partial charge in [-0.15, -0.1) is 0 Å². The summed E-state index contributed by atoms with van der Waals surface area (Å²) in [6.07, 6.45) is 0. The van der Waals surface area contributed by atoms with Crippen LogP contribution >= 0.6 is 0 Å². The number of nitro groups is 1. The maximum Gasteiger partial charge on any atom is 0.311 e. The van der Waals surface area contributed by atoms with Crippen LogP contribution in [0.4, 0.5) is 11.4 Å². The number of hydrogen-bond donors (Lipinski definition) is 1. The lowest BCUT2D eigenvalue weighted by Gasteiger charge is -2.41. The van der Waals surface area contributed by atoms with Gasteiger partial charge in [0.15, 0.2) is 5.75 Å². The lowest BCUT2D eigenvalue weighted by atomic mass is 10.1. The highest BCUT2D eigenvalue weighted by Gasteiger charge is 2.26. The summed E-state index contributed by atoms with van der Waals surface area (Å²) in [6.45, 7) is 5.43. The van der Waals surface area contributed by atoms with Gasteiger partial charge in [-0.1, -0.05) is 0 Å². The van der Waals surface area contributed by atoms with Crippen molar-refractivity contribution in [2.45, 2.75) is 13.0 Å². The highest BCUT2D eigenvalue weighted by Crippen LogP contribution is 2.32. The summed E-state index contributed by atoms with van der Waals surface area (Å²) in [5.41, 5.74) is 6.78. The van der Waals surface area contributed by atoms with Crippen LogP contribution < -0.4 is 15.4 Å². The van der Waals surface area contributed by atoms with E-state index < -0.39 is 4.92 Å². The van der Waals surface area contributed by atoms with Gasteiger partial charge >= 0.3 is 5.69 Å². The number of ether oxygens (including phenoxy) is 1. The van der Waals surface area contributed by atoms with Crippen molar-refractivity contribution in [2.75, 3.05) is 44.7 Å². The Morgan fingerprint density at radius 3 is 2.86 bits per heavy atom. The molecule has 1 aliphatic heterocycles. The molecule has 7 heteroatoms. The topological polar surface area (TPSA) is 84.9 Å². The Hall–Kier alpha value is -1.86. The SMILES string of the molecule is CCOc1cc(N2CCN(C)CC2CN)ccc1[N+](=O)[O-]. The van der Waals surface area contributed by atoms with Gasteiger partial charge in [-0.3, -0.25) is 10.1 Å². The third-order valence-electron chi connectivity index (χ3n) is 3.73. The molecule has 21 heavy (non-hydrogen) atoms. The second-order valence-corrected chi connectivity index (χ2v) is 5.19. The van der Waals surface area contributed by atoms with Crippen LogP contribution in [0.5, 0.6) is 5.75 Å². The summed E-state index contributed by atoms with van der Waals surface area (Å²) in [4.78, 5) is 15.1. The van der Waals surface area contributed by atoms with Crippen molar-refractivity contribution in [1.29, 1.82) is 0 Å². The molecule has 2 N–H and O–H groups in total. The van der Waals surface area contributed by atoms with Gasteiger partial charge in [0.25, 0.3) is 0 Å². The first kappa shape index (κ1) is 15.5. The fraction of sp³-hybridized carbons (Fsp3) is 0.571. The van der Waals surface area contributed by atoms with E-state index in [9.17, 15) is 10.1 Å². The Bertz CT molecular complexity index is 509. The van der Waals surface area contributed by atoms with Crippen molar-refractivity contribution in [2.24, 2.45) is 5.73 Å². The molecule has 1 unspecified atom stereocenters. The average Bonchev–Trinajstić information content (AvgIpc) is 2.47. The molecular weight excluding hydrogens is 272 g/mol. The number of nitro benzene ring substituents is 1. The van der Waals surface area contributed by atoms with Gasteiger partial charge < -0.3 is 20.3 Å². The predicted octanol–water partition coefficient (Wildman–Crippen LogP) is 1.07. The fourth-order valence-corrected chi connectivity index (χ4v) is 2.66. The first-order chi connectivity index (χ1) is 10.1. The zero-order valence-corrected chi connectivity index (χ0v) is 12.5. The second-order valence-electron chi connectivity index (χ2n) is 5.19. The van der Waals surface area contributed by atoms with Crippen LogP contribution in [-0.2, 0) is 0 Å². The third-order valence-corrected chi connectivity index (χ3v) is 3.73. The number of benzene rings is 1. The van der Waals surface area contributed by atoms with Crippen LogP contribution in [0.15, 0.2) is 18.2 Å². The van der Waals surface area contributed by atoms with E-state index >= 15 is 0 Å². The van der Waals surface area contributed by atoms with E-state index in [0.29, 0.717) is 18.9 Å². The van der Waals surface area contributed by atoms with Gasteiger partial charge in [-0.05, 0) is 20.0 Å². The minimum Gasteiger partial charge on any atom is -0.487 e. The molecule has 1 saturated heterocycles. The molecule has 1 aromatic carbocycles. The van der Waals surface area contributed by atoms with Gasteiger partial charge in [0.05, 0.1) is 17.6 Å². The highest BCUT2D eigenvalue weighted by molar-refractivity contribution is 5.60. The fourth-order valence-electron chi connectivity index (χ4n) is 2.66. The summed E-state index contributed by atoms with van der Waals surface area (Å²) in [6, 6.07) is 5.23. The zero-order chi connectivity index (χ0) is 15.4. The van der Waals surface area contributed by atoms with E-state index in [1.54, 1.807) is 12.1 Å². The number of hydrogen-bond acceptors (Lipinski definition) is 6. The molecule has 1 fully saturated rings. The van der Waals surface area contributed by atoms with Crippen molar-refractivity contribution in [3.63, 3.8) is 0 Å². The Morgan fingerprint density at radius 1 is 1.48 bits per heavy atom. The number of likely N-dealkylation sites (N-methyl/N-ethyl adjacent to an activating group) is 1. The van der Waals surface area contributed by atoms with Gasteiger partial charge in [-0.2, -0.15) is 0 Å². The number of anilines is 1. The summed E-state index contributed by atoms with van der Waals surface area (Å²) in [5, 5.41) is 11.0. The van der Waals surface area contributed by atoms with Crippen molar-refractivity contribution in [1.82, 2.24) is 4.90 Å². The Balaban J connectivity index is 2.30. The molecule has 0 radical (unpaired) electrons. The Morgan fingerprint density at radius 2 is 2.24 bits per heavy atom. The van der Waals surface area contributed by atoms with E-state index in [1.165, 1.54) is 6.07 Å². The summed E-state index contributed by atoms with van der Waals surface area (Å²) in [7, 11) is 2.07. The van der Waals surface area contributed by atoms with E-state index in [0.717, 1.165) is 25.3 Å². The van der Waals surface area contributed by atoms with Gasteiger partial charge in [0.2, 0.25) is 0 Å². The number of nitrogens with two attached hydrogens (primary N) is 1. The van der Waals surface area contributed by atoms with Gasteiger partial charge in [0, 0.05) is 44.0 Å². The zero-order valence-electron chi connectivity index (χ0n) is 12.5.